The maximum absolute atomic E-state index is 11.8. The molecule has 1 aliphatic rings. The first-order valence-corrected chi connectivity index (χ1v) is 5.25. The molecule has 0 bridgehead atoms. The summed E-state index contributed by atoms with van der Waals surface area (Å²) in [6, 6.07) is 6.93. The standard InChI is InChI=1S/C11H11ClN2O2/c1-13-6-11(16)14(7-10(13)15)9-4-2-3-8(12)5-9/h2-5H,6-7H2,1H3. The molecule has 1 fully saturated rings. The Morgan fingerprint density at radius 2 is 1.94 bits per heavy atom. The summed E-state index contributed by atoms with van der Waals surface area (Å²) in [4.78, 5) is 26.1. The molecule has 0 spiro atoms. The minimum atomic E-state index is -0.0932. The zero-order chi connectivity index (χ0) is 11.7. The fraction of sp³-hybridized carbons (Fsp3) is 0.273. The van der Waals surface area contributed by atoms with Crippen LogP contribution in [0.15, 0.2) is 24.3 Å². The van der Waals surface area contributed by atoms with E-state index in [9.17, 15) is 9.59 Å². The van der Waals surface area contributed by atoms with Crippen molar-refractivity contribution < 1.29 is 9.59 Å². The fourth-order valence-corrected chi connectivity index (χ4v) is 1.78. The van der Waals surface area contributed by atoms with Gasteiger partial charge in [-0.15, -0.1) is 0 Å². The van der Waals surface area contributed by atoms with Crippen LogP contribution < -0.4 is 4.90 Å². The molecule has 0 N–H and O–H groups in total. The van der Waals surface area contributed by atoms with Gasteiger partial charge in [0.15, 0.2) is 0 Å². The van der Waals surface area contributed by atoms with Gasteiger partial charge in [-0.3, -0.25) is 9.59 Å². The average molecular weight is 239 g/mol. The van der Waals surface area contributed by atoms with Gasteiger partial charge in [-0.25, -0.2) is 0 Å². The lowest BCUT2D eigenvalue weighted by Crippen LogP contribution is -2.52. The van der Waals surface area contributed by atoms with Crippen molar-refractivity contribution in [2.45, 2.75) is 0 Å². The Labute approximate surface area is 98.4 Å². The number of nitrogens with zero attached hydrogens (tertiary/aromatic N) is 2. The predicted octanol–water partition coefficient (Wildman–Crippen LogP) is 1.15. The summed E-state index contributed by atoms with van der Waals surface area (Å²) in [6.07, 6.45) is 0. The van der Waals surface area contributed by atoms with Crippen molar-refractivity contribution in [2.24, 2.45) is 0 Å². The Balaban J connectivity index is 2.27. The van der Waals surface area contributed by atoms with Crippen molar-refractivity contribution in [3.05, 3.63) is 29.3 Å². The van der Waals surface area contributed by atoms with Crippen LogP contribution in [0.2, 0.25) is 5.02 Å². The highest BCUT2D eigenvalue weighted by molar-refractivity contribution is 6.31. The fourth-order valence-electron chi connectivity index (χ4n) is 1.60. The molecule has 1 saturated heterocycles. The first-order chi connectivity index (χ1) is 7.58. The lowest BCUT2D eigenvalue weighted by Gasteiger charge is -2.31. The van der Waals surface area contributed by atoms with Gasteiger partial charge < -0.3 is 9.80 Å². The van der Waals surface area contributed by atoms with E-state index in [1.165, 1.54) is 9.80 Å². The number of hydrogen-bond acceptors (Lipinski definition) is 2. The van der Waals surface area contributed by atoms with Crippen LogP contribution in [0.3, 0.4) is 0 Å². The van der Waals surface area contributed by atoms with E-state index in [2.05, 4.69) is 0 Å². The maximum atomic E-state index is 11.8. The summed E-state index contributed by atoms with van der Waals surface area (Å²) in [7, 11) is 1.62. The summed E-state index contributed by atoms with van der Waals surface area (Å²) in [5.41, 5.74) is 0.666. The van der Waals surface area contributed by atoms with Crippen LogP contribution in [0.25, 0.3) is 0 Å². The molecule has 0 aromatic heterocycles. The molecular weight excluding hydrogens is 228 g/mol. The minimum absolute atomic E-state index is 0.0698. The molecular formula is C11H11ClN2O2. The molecule has 0 radical (unpaired) electrons. The predicted molar refractivity (Wildman–Crippen MR) is 61.4 cm³/mol. The number of halogens is 1. The van der Waals surface area contributed by atoms with Crippen molar-refractivity contribution in [1.82, 2.24) is 4.90 Å². The van der Waals surface area contributed by atoms with Crippen LogP contribution in [-0.4, -0.2) is 36.9 Å². The second-order valence-corrected chi connectivity index (χ2v) is 4.15. The van der Waals surface area contributed by atoms with Gasteiger partial charge in [0.2, 0.25) is 11.8 Å². The molecule has 84 valence electrons. The molecule has 4 nitrogen and oxygen atoms in total. The molecule has 1 heterocycles. The van der Waals surface area contributed by atoms with Crippen LogP contribution in [0, 0.1) is 0 Å². The minimum Gasteiger partial charge on any atom is -0.335 e. The van der Waals surface area contributed by atoms with E-state index < -0.39 is 0 Å². The SMILES string of the molecule is CN1CC(=O)N(c2cccc(Cl)c2)CC1=O. The van der Waals surface area contributed by atoms with E-state index in [1.54, 1.807) is 31.3 Å². The molecule has 2 amide bonds. The van der Waals surface area contributed by atoms with Crippen molar-refractivity contribution in [1.29, 1.82) is 0 Å². The average Bonchev–Trinajstić information content (AvgIpc) is 2.23. The zero-order valence-electron chi connectivity index (χ0n) is 8.81. The van der Waals surface area contributed by atoms with Crippen LogP contribution in [0.1, 0.15) is 0 Å². The number of anilines is 1. The monoisotopic (exact) mass is 238 g/mol. The second-order valence-electron chi connectivity index (χ2n) is 3.71. The molecule has 5 heteroatoms. The van der Waals surface area contributed by atoms with Crippen LogP contribution >= 0.6 is 11.6 Å². The summed E-state index contributed by atoms with van der Waals surface area (Å²) in [6.45, 7) is 0.195. The van der Waals surface area contributed by atoms with E-state index in [1.807, 2.05) is 0 Å². The summed E-state index contributed by atoms with van der Waals surface area (Å²) < 4.78 is 0. The summed E-state index contributed by atoms with van der Waals surface area (Å²) >= 11 is 5.84. The molecule has 1 aromatic carbocycles. The van der Waals surface area contributed by atoms with Crippen LogP contribution in [0.5, 0.6) is 0 Å². The molecule has 0 unspecified atom stereocenters. The topological polar surface area (TPSA) is 40.6 Å². The molecule has 2 rings (SSSR count). The third-order valence-corrected chi connectivity index (χ3v) is 2.75. The number of rotatable bonds is 1. The quantitative estimate of drug-likeness (QED) is 0.736. The number of hydrogen-bond donors (Lipinski definition) is 0. The largest absolute Gasteiger partial charge is 0.335 e. The lowest BCUT2D eigenvalue weighted by atomic mass is 10.2. The van der Waals surface area contributed by atoms with E-state index in [4.69, 9.17) is 11.6 Å². The maximum Gasteiger partial charge on any atom is 0.247 e. The van der Waals surface area contributed by atoms with Gasteiger partial charge >= 0.3 is 0 Å². The molecule has 16 heavy (non-hydrogen) atoms. The molecule has 0 aliphatic carbocycles. The number of benzene rings is 1. The van der Waals surface area contributed by atoms with E-state index in [-0.39, 0.29) is 24.9 Å². The summed E-state index contributed by atoms with van der Waals surface area (Å²) in [5, 5.41) is 0.552. The Bertz CT molecular complexity index is 447. The van der Waals surface area contributed by atoms with Gasteiger partial charge in [0.05, 0.1) is 6.54 Å². The molecule has 1 aromatic rings. The van der Waals surface area contributed by atoms with Gasteiger partial charge in [0, 0.05) is 17.8 Å². The first-order valence-electron chi connectivity index (χ1n) is 4.88. The van der Waals surface area contributed by atoms with Crippen molar-refractivity contribution in [3.63, 3.8) is 0 Å². The van der Waals surface area contributed by atoms with E-state index in [0.717, 1.165) is 0 Å². The number of carbonyl (C=O) groups excluding carboxylic acids is 2. The third-order valence-electron chi connectivity index (χ3n) is 2.51. The van der Waals surface area contributed by atoms with Crippen LogP contribution in [-0.2, 0) is 9.59 Å². The van der Waals surface area contributed by atoms with Crippen molar-refractivity contribution in [2.75, 3.05) is 25.0 Å². The molecule has 0 saturated carbocycles. The summed E-state index contributed by atoms with van der Waals surface area (Å²) in [5.74, 6) is -0.163. The van der Waals surface area contributed by atoms with E-state index in [0.29, 0.717) is 10.7 Å². The highest BCUT2D eigenvalue weighted by atomic mass is 35.5. The van der Waals surface area contributed by atoms with Crippen molar-refractivity contribution >= 4 is 29.1 Å². The van der Waals surface area contributed by atoms with Crippen molar-refractivity contribution in [3.8, 4) is 0 Å². The number of likely N-dealkylation sites (N-methyl/N-ethyl adjacent to an activating group) is 1. The van der Waals surface area contributed by atoms with Gasteiger partial charge in [0.25, 0.3) is 0 Å². The lowest BCUT2D eigenvalue weighted by molar-refractivity contribution is -0.136. The molecule has 1 aliphatic heterocycles. The Morgan fingerprint density at radius 1 is 1.19 bits per heavy atom. The first kappa shape index (κ1) is 11.0. The highest BCUT2D eigenvalue weighted by Crippen LogP contribution is 2.21. The van der Waals surface area contributed by atoms with Crippen LogP contribution in [0.4, 0.5) is 5.69 Å². The zero-order valence-corrected chi connectivity index (χ0v) is 9.57. The molecule has 0 atom stereocenters. The van der Waals surface area contributed by atoms with Gasteiger partial charge in [-0.1, -0.05) is 17.7 Å². The number of carbonyl (C=O) groups is 2. The Kier molecular flexibility index (Phi) is 2.83. The van der Waals surface area contributed by atoms with Gasteiger partial charge in [-0.2, -0.15) is 0 Å². The number of piperazine rings is 1. The third kappa shape index (κ3) is 2.02. The Morgan fingerprint density at radius 3 is 2.62 bits per heavy atom. The Hall–Kier alpha value is -1.55. The smallest absolute Gasteiger partial charge is 0.247 e. The normalized spacial score (nSPS) is 16.9. The highest BCUT2D eigenvalue weighted by Gasteiger charge is 2.28. The second kappa shape index (κ2) is 4.14. The van der Waals surface area contributed by atoms with Gasteiger partial charge in [0.1, 0.15) is 6.54 Å². The van der Waals surface area contributed by atoms with E-state index >= 15 is 0 Å². The number of amides is 2. The van der Waals surface area contributed by atoms with Gasteiger partial charge in [-0.05, 0) is 18.2 Å².